The monoisotopic (exact) mass is 734 g/mol. The molecule has 0 bridgehead atoms. The number of benzene rings is 1. The van der Waals surface area contributed by atoms with Crippen molar-refractivity contribution < 1.29 is 124 Å². The molecule has 0 saturated carbocycles. The van der Waals surface area contributed by atoms with Crippen molar-refractivity contribution in [1.29, 1.82) is 0 Å². The topological polar surface area (TPSA) is 20.2 Å². The van der Waals surface area contributed by atoms with Crippen LogP contribution in [0.2, 0.25) is 0 Å². The molecule has 1 rings (SSSR count). The third kappa shape index (κ3) is 4.83. The van der Waals surface area contributed by atoms with Gasteiger partial charge in [-0.05, 0) is 0 Å². The maximum Gasteiger partial charge on any atom is 0.460 e. The van der Waals surface area contributed by atoms with Gasteiger partial charge in [-0.3, -0.25) is 0 Å². The first kappa shape index (κ1) is 40.2. The SMILES string of the molecule is Oc1c(F)c(F)c(F)c(C(F)(F)C(F)(F)C(F)(F)C(F)(F)C(F)(F)C(F)(F)C(F)(F)C(F)(F)C(F)(F)C(F)(F)F)c1C(F)(F)F. The molecule has 1 N–H and O–H groups in total. The van der Waals surface area contributed by atoms with Gasteiger partial charge in [0.25, 0.3) is 0 Å². The van der Waals surface area contributed by atoms with Crippen LogP contribution in [-0.2, 0) is 12.1 Å². The van der Waals surface area contributed by atoms with Crippen molar-refractivity contribution in [3.63, 3.8) is 0 Å². The van der Waals surface area contributed by atoms with E-state index in [9.17, 15) is 119 Å². The molecule has 0 spiro atoms. The molecule has 1 aromatic carbocycles. The first-order valence-corrected chi connectivity index (χ1v) is 9.58. The van der Waals surface area contributed by atoms with Crippen molar-refractivity contribution in [2.75, 3.05) is 0 Å². The molecular weight excluding hydrogens is 733 g/mol. The second-order valence-corrected chi connectivity index (χ2v) is 8.21. The summed E-state index contributed by atoms with van der Waals surface area (Å²) in [6.07, 6.45) is -15.4. The predicted molar refractivity (Wildman–Crippen MR) is 82.5 cm³/mol. The smallest absolute Gasteiger partial charge is 0.460 e. The van der Waals surface area contributed by atoms with Crippen molar-refractivity contribution in [1.82, 2.24) is 0 Å². The third-order valence-corrected chi connectivity index (χ3v) is 5.41. The number of rotatable bonds is 9. The summed E-state index contributed by atoms with van der Waals surface area (Å²) in [5.41, 5.74) is -9.33. The van der Waals surface area contributed by atoms with Crippen LogP contribution < -0.4 is 0 Å². The number of phenols is 1. The molecule has 0 fully saturated rings. The molecule has 0 amide bonds. The lowest BCUT2D eigenvalue weighted by molar-refractivity contribution is -0.475. The van der Waals surface area contributed by atoms with Crippen LogP contribution in [0.3, 0.4) is 0 Å². The molecule has 0 atom stereocenters. The molecule has 0 saturated heterocycles. The van der Waals surface area contributed by atoms with Gasteiger partial charge in [-0.15, -0.1) is 0 Å². The predicted octanol–water partition coefficient (Wildman–Crippen LogP) is 9.56. The molecule has 0 aliphatic carbocycles. The molecule has 28 heteroatoms. The molecular formula is C17HF27O. The summed E-state index contributed by atoms with van der Waals surface area (Å²) in [4.78, 5) is 0. The summed E-state index contributed by atoms with van der Waals surface area (Å²) >= 11 is 0. The average molecular weight is 734 g/mol. The summed E-state index contributed by atoms with van der Waals surface area (Å²) in [6.45, 7) is 0. The van der Waals surface area contributed by atoms with Gasteiger partial charge < -0.3 is 5.11 Å². The number of aromatic hydroxyl groups is 1. The van der Waals surface area contributed by atoms with Gasteiger partial charge >= 0.3 is 65.7 Å². The van der Waals surface area contributed by atoms with Crippen LogP contribution >= 0.6 is 0 Å². The van der Waals surface area contributed by atoms with E-state index in [2.05, 4.69) is 0 Å². The lowest BCUT2D eigenvalue weighted by Crippen LogP contribution is -2.76. The second-order valence-electron chi connectivity index (χ2n) is 8.21. The molecule has 0 aliphatic heterocycles. The van der Waals surface area contributed by atoms with Gasteiger partial charge in [0.2, 0.25) is 5.82 Å². The summed E-state index contributed by atoms with van der Waals surface area (Å²) in [5.74, 6) is -99.3. The van der Waals surface area contributed by atoms with Crippen molar-refractivity contribution in [2.24, 2.45) is 0 Å². The normalized spacial score (nSPS) is 16.0. The Bertz CT molecular complexity index is 1300. The van der Waals surface area contributed by atoms with Gasteiger partial charge in [0.1, 0.15) is 5.56 Å². The zero-order valence-electron chi connectivity index (χ0n) is 19.2. The van der Waals surface area contributed by atoms with E-state index in [4.69, 9.17) is 5.11 Å². The van der Waals surface area contributed by atoms with Gasteiger partial charge in [-0.2, -0.15) is 110 Å². The first-order valence-electron chi connectivity index (χ1n) is 9.58. The number of hydrogen-bond acceptors (Lipinski definition) is 1. The van der Waals surface area contributed by atoms with Crippen LogP contribution in [0.1, 0.15) is 11.1 Å². The Morgan fingerprint density at radius 2 is 0.578 bits per heavy atom. The Balaban J connectivity index is 4.15. The summed E-state index contributed by atoms with van der Waals surface area (Å²) in [6, 6.07) is 0. The van der Waals surface area contributed by atoms with Crippen LogP contribution in [-0.4, -0.2) is 58.7 Å². The highest BCUT2D eigenvalue weighted by atomic mass is 19.4. The van der Waals surface area contributed by atoms with E-state index < -0.39 is 100.0 Å². The van der Waals surface area contributed by atoms with E-state index in [0.717, 1.165) is 0 Å². The Hall–Kier alpha value is -2.87. The maximum absolute atomic E-state index is 14.3. The van der Waals surface area contributed by atoms with Gasteiger partial charge in [-0.1, -0.05) is 0 Å². The van der Waals surface area contributed by atoms with E-state index in [1.54, 1.807) is 0 Å². The van der Waals surface area contributed by atoms with Gasteiger partial charge in [0.05, 0.1) is 5.56 Å². The van der Waals surface area contributed by atoms with E-state index in [0.29, 0.717) is 0 Å². The summed E-state index contributed by atoms with van der Waals surface area (Å²) < 4.78 is 361. The van der Waals surface area contributed by atoms with E-state index >= 15 is 0 Å². The molecule has 0 aromatic heterocycles. The average Bonchev–Trinajstić information content (AvgIpc) is 2.81. The zero-order valence-corrected chi connectivity index (χ0v) is 19.2. The largest absolute Gasteiger partial charge is 0.504 e. The fourth-order valence-corrected chi connectivity index (χ4v) is 2.93. The van der Waals surface area contributed by atoms with Crippen LogP contribution in [0.5, 0.6) is 5.75 Å². The van der Waals surface area contributed by atoms with Crippen molar-refractivity contribution in [3.05, 3.63) is 28.6 Å². The standard InChI is InChI=1S/C17HF27O/c18-3-1(2(8(23,24)25)6(45)5(20)4(3)19)7(21,22)9(26,27)10(28,29)11(30,31)12(32,33)13(34,35)14(36,37)15(38,39)16(40,41)17(42,43)44/h45H. The fraction of sp³-hybridized carbons (Fsp3) is 0.647. The molecule has 1 nitrogen and oxygen atoms in total. The highest BCUT2D eigenvalue weighted by Crippen LogP contribution is 2.67. The Labute approximate surface area is 225 Å². The fourth-order valence-electron chi connectivity index (χ4n) is 2.93. The second kappa shape index (κ2) is 10.1. The van der Waals surface area contributed by atoms with Gasteiger partial charge in [-0.25, -0.2) is 8.78 Å². The van der Waals surface area contributed by atoms with Crippen molar-refractivity contribution in [3.8, 4) is 5.75 Å². The highest BCUT2D eigenvalue weighted by molar-refractivity contribution is 5.47. The summed E-state index contributed by atoms with van der Waals surface area (Å²) in [5, 5.41) is 8.81. The minimum absolute atomic E-state index is 3.68. The number of phenolic OH excluding ortho intramolecular Hbond substituents is 1. The Kier molecular flexibility index (Phi) is 8.98. The minimum atomic E-state index is -9.67. The molecule has 45 heavy (non-hydrogen) atoms. The molecule has 264 valence electrons. The first-order chi connectivity index (χ1) is 19.1. The van der Waals surface area contributed by atoms with Crippen LogP contribution in [0, 0.1) is 17.5 Å². The van der Waals surface area contributed by atoms with Gasteiger partial charge in [0, 0.05) is 0 Å². The van der Waals surface area contributed by atoms with Crippen LogP contribution in [0.4, 0.5) is 119 Å². The Morgan fingerprint density at radius 1 is 0.311 bits per heavy atom. The molecule has 0 radical (unpaired) electrons. The molecule has 0 unspecified atom stereocenters. The van der Waals surface area contributed by atoms with Crippen molar-refractivity contribution in [2.45, 2.75) is 65.7 Å². The lowest BCUT2D eigenvalue weighted by Gasteiger charge is -2.44. The van der Waals surface area contributed by atoms with Crippen LogP contribution in [0.15, 0.2) is 0 Å². The number of alkyl halides is 24. The van der Waals surface area contributed by atoms with E-state index in [-0.39, 0.29) is 0 Å². The summed E-state index contributed by atoms with van der Waals surface area (Å²) in [7, 11) is 0. The minimum Gasteiger partial charge on any atom is -0.504 e. The van der Waals surface area contributed by atoms with E-state index in [1.807, 2.05) is 0 Å². The quantitative estimate of drug-likeness (QED) is 0.198. The molecule has 0 aliphatic rings. The molecule has 1 aromatic rings. The molecule has 0 heterocycles. The maximum atomic E-state index is 14.3. The lowest BCUT2D eigenvalue weighted by atomic mass is 9.84. The number of halogens is 27. The Morgan fingerprint density at radius 3 is 0.844 bits per heavy atom. The number of hydrogen-bond donors (Lipinski definition) is 1. The van der Waals surface area contributed by atoms with Crippen LogP contribution in [0.25, 0.3) is 0 Å². The van der Waals surface area contributed by atoms with Gasteiger partial charge in [0.15, 0.2) is 17.4 Å². The zero-order chi connectivity index (χ0) is 37.0. The highest BCUT2D eigenvalue weighted by Gasteiger charge is 2.98. The van der Waals surface area contributed by atoms with E-state index in [1.165, 1.54) is 0 Å². The van der Waals surface area contributed by atoms with Crippen molar-refractivity contribution >= 4 is 0 Å². The third-order valence-electron chi connectivity index (χ3n) is 5.41.